The van der Waals surface area contributed by atoms with Gasteiger partial charge in [-0.3, -0.25) is 4.79 Å². The number of carbonyl (C=O) groups excluding carboxylic acids is 1. The summed E-state index contributed by atoms with van der Waals surface area (Å²) in [6, 6.07) is 7.36. The minimum Gasteiger partial charge on any atom is -0.322 e. The first-order valence-electron chi connectivity index (χ1n) is 5.21. The van der Waals surface area contributed by atoms with Gasteiger partial charge in [0.05, 0.1) is 10.6 Å². The highest BCUT2D eigenvalue weighted by molar-refractivity contribution is 7.80. The smallest absolute Gasteiger partial charge is 0.257 e. The van der Waals surface area contributed by atoms with E-state index in [1.54, 1.807) is 6.07 Å². The van der Waals surface area contributed by atoms with Gasteiger partial charge in [0.25, 0.3) is 5.91 Å². The Morgan fingerprint density at radius 1 is 1.11 bits per heavy atom. The summed E-state index contributed by atoms with van der Waals surface area (Å²) in [6.07, 6.45) is 0. The second-order valence-electron chi connectivity index (χ2n) is 3.78. The second kappa shape index (κ2) is 5.59. The zero-order valence-corrected chi connectivity index (χ0v) is 11.1. The van der Waals surface area contributed by atoms with Crippen LogP contribution in [-0.4, -0.2) is 5.91 Å². The van der Waals surface area contributed by atoms with Crippen LogP contribution in [0, 0.1) is 11.6 Å². The molecule has 2 aromatic rings. The highest BCUT2D eigenvalue weighted by Crippen LogP contribution is 2.21. The first-order chi connectivity index (χ1) is 8.95. The molecule has 0 bridgehead atoms. The fourth-order valence-corrected chi connectivity index (χ4v) is 1.92. The molecule has 0 unspecified atom stereocenters. The van der Waals surface area contributed by atoms with Gasteiger partial charge in [-0.15, -0.1) is 12.6 Å². The topological polar surface area (TPSA) is 29.1 Å². The zero-order valence-electron chi connectivity index (χ0n) is 9.45. The number of amides is 1. The Labute approximate surface area is 118 Å². The van der Waals surface area contributed by atoms with E-state index >= 15 is 0 Å². The van der Waals surface area contributed by atoms with Crippen molar-refractivity contribution in [1.82, 2.24) is 0 Å². The quantitative estimate of drug-likeness (QED) is 0.801. The molecule has 2 aromatic carbocycles. The van der Waals surface area contributed by atoms with Gasteiger partial charge in [-0.1, -0.05) is 11.6 Å². The van der Waals surface area contributed by atoms with Gasteiger partial charge in [0.15, 0.2) is 0 Å². The first-order valence-corrected chi connectivity index (χ1v) is 6.04. The lowest BCUT2D eigenvalue weighted by molar-refractivity contribution is 0.102. The molecular weight excluding hydrogens is 292 g/mol. The molecule has 6 heteroatoms. The fourth-order valence-electron chi connectivity index (χ4n) is 1.51. The number of thiol groups is 1. The molecule has 1 amide bonds. The van der Waals surface area contributed by atoms with Gasteiger partial charge in [-0.25, -0.2) is 8.78 Å². The normalized spacial score (nSPS) is 10.3. The summed E-state index contributed by atoms with van der Waals surface area (Å²) in [5.74, 6) is -2.11. The molecule has 1 N–H and O–H groups in total. The minimum absolute atomic E-state index is 0.0168. The Hall–Kier alpha value is -1.59. The molecule has 0 heterocycles. The van der Waals surface area contributed by atoms with Gasteiger partial charge in [-0.05, 0) is 30.3 Å². The van der Waals surface area contributed by atoms with Gasteiger partial charge >= 0.3 is 0 Å². The van der Waals surface area contributed by atoms with Gasteiger partial charge in [0.1, 0.15) is 11.6 Å². The number of rotatable bonds is 2. The number of carbonyl (C=O) groups is 1. The largest absolute Gasteiger partial charge is 0.322 e. The van der Waals surface area contributed by atoms with Gasteiger partial charge in [0.2, 0.25) is 0 Å². The van der Waals surface area contributed by atoms with E-state index in [-0.39, 0.29) is 16.3 Å². The monoisotopic (exact) mass is 299 g/mol. The molecule has 0 saturated carbocycles. The van der Waals surface area contributed by atoms with E-state index in [0.717, 1.165) is 18.2 Å². The number of hydrogen-bond donors (Lipinski definition) is 2. The molecule has 0 aliphatic rings. The van der Waals surface area contributed by atoms with Crippen molar-refractivity contribution in [3.8, 4) is 0 Å². The molecule has 0 radical (unpaired) electrons. The van der Waals surface area contributed by atoms with E-state index < -0.39 is 17.5 Å². The Bertz CT molecular complexity index is 628. The van der Waals surface area contributed by atoms with Crippen molar-refractivity contribution >= 4 is 35.8 Å². The van der Waals surface area contributed by atoms with E-state index in [9.17, 15) is 13.6 Å². The summed E-state index contributed by atoms with van der Waals surface area (Å²) in [5.41, 5.74) is 0.196. The van der Waals surface area contributed by atoms with Crippen LogP contribution in [0.15, 0.2) is 41.3 Å². The maximum absolute atomic E-state index is 13.0. The second-order valence-corrected chi connectivity index (χ2v) is 4.70. The average Bonchev–Trinajstić information content (AvgIpc) is 2.30. The van der Waals surface area contributed by atoms with Crippen molar-refractivity contribution in [2.24, 2.45) is 0 Å². The summed E-state index contributed by atoms with van der Waals surface area (Å²) in [6.45, 7) is 0. The summed E-state index contributed by atoms with van der Waals surface area (Å²) in [4.78, 5) is 12.5. The molecule has 0 saturated heterocycles. The SMILES string of the molecule is O=C(Nc1cc(F)cc(F)c1)c1cc(S)ccc1Cl. The average molecular weight is 300 g/mol. The maximum atomic E-state index is 13.0. The van der Waals surface area contributed by atoms with Gasteiger partial charge in [-0.2, -0.15) is 0 Å². The number of anilines is 1. The number of hydrogen-bond acceptors (Lipinski definition) is 2. The molecule has 19 heavy (non-hydrogen) atoms. The van der Waals surface area contributed by atoms with Crippen molar-refractivity contribution in [3.63, 3.8) is 0 Å². The number of nitrogens with one attached hydrogen (secondary N) is 1. The molecule has 0 aliphatic heterocycles. The third kappa shape index (κ3) is 3.45. The summed E-state index contributed by atoms with van der Waals surface area (Å²) in [7, 11) is 0. The highest BCUT2D eigenvalue weighted by Gasteiger charge is 2.12. The van der Waals surface area contributed by atoms with Crippen LogP contribution < -0.4 is 5.32 Å². The van der Waals surface area contributed by atoms with E-state index in [2.05, 4.69) is 17.9 Å². The Morgan fingerprint density at radius 2 is 1.74 bits per heavy atom. The van der Waals surface area contributed by atoms with Crippen molar-refractivity contribution in [3.05, 3.63) is 58.6 Å². The van der Waals surface area contributed by atoms with Crippen LogP contribution in [0.3, 0.4) is 0 Å². The highest BCUT2D eigenvalue weighted by atomic mass is 35.5. The lowest BCUT2D eigenvalue weighted by Gasteiger charge is -2.07. The third-order valence-electron chi connectivity index (χ3n) is 2.31. The molecule has 0 aliphatic carbocycles. The van der Waals surface area contributed by atoms with Crippen LogP contribution >= 0.6 is 24.2 Å². The predicted molar refractivity (Wildman–Crippen MR) is 73.0 cm³/mol. The van der Waals surface area contributed by atoms with Crippen LogP contribution in [0.2, 0.25) is 5.02 Å². The van der Waals surface area contributed by atoms with E-state index in [0.29, 0.717) is 4.90 Å². The molecule has 0 atom stereocenters. The van der Waals surface area contributed by atoms with E-state index in [1.807, 2.05) is 0 Å². The molecule has 98 valence electrons. The van der Waals surface area contributed by atoms with Gasteiger partial charge < -0.3 is 5.32 Å². The third-order valence-corrected chi connectivity index (χ3v) is 2.92. The van der Waals surface area contributed by atoms with Crippen LogP contribution in [0.1, 0.15) is 10.4 Å². The van der Waals surface area contributed by atoms with Crippen molar-refractivity contribution in [1.29, 1.82) is 0 Å². The standard InChI is InChI=1S/C13H8ClF2NOS/c14-12-2-1-10(19)6-11(12)13(18)17-9-4-7(15)3-8(16)5-9/h1-6,19H,(H,17,18). The molecule has 0 fully saturated rings. The van der Waals surface area contributed by atoms with Crippen molar-refractivity contribution in [2.45, 2.75) is 4.90 Å². The molecule has 0 aromatic heterocycles. The minimum atomic E-state index is -0.774. The first kappa shape index (κ1) is 13.8. The number of halogens is 3. The Kier molecular flexibility index (Phi) is 4.07. The van der Waals surface area contributed by atoms with Crippen LogP contribution in [0.4, 0.5) is 14.5 Å². The van der Waals surface area contributed by atoms with Crippen molar-refractivity contribution < 1.29 is 13.6 Å². The fraction of sp³-hybridized carbons (Fsp3) is 0. The lowest BCUT2D eigenvalue weighted by atomic mass is 10.2. The lowest BCUT2D eigenvalue weighted by Crippen LogP contribution is -2.12. The zero-order chi connectivity index (χ0) is 14.0. The number of benzene rings is 2. The van der Waals surface area contributed by atoms with Gasteiger partial charge in [0, 0.05) is 16.6 Å². The summed E-state index contributed by atoms with van der Waals surface area (Å²) < 4.78 is 26.0. The summed E-state index contributed by atoms with van der Waals surface area (Å²) >= 11 is 9.97. The Morgan fingerprint density at radius 3 is 2.37 bits per heavy atom. The van der Waals surface area contributed by atoms with Crippen LogP contribution in [-0.2, 0) is 0 Å². The van der Waals surface area contributed by atoms with Crippen LogP contribution in [0.25, 0.3) is 0 Å². The molecule has 2 rings (SSSR count). The maximum Gasteiger partial charge on any atom is 0.257 e. The van der Waals surface area contributed by atoms with Crippen molar-refractivity contribution in [2.75, 3.05) is 5.32 Å². The molecule has 2 nitrogen and oxygen atoms in total. The Balaban J connectivity index is 2.28. The predicted octanol–water partition coefficient (Wildman–Crippen LogP) is 4.16. The van der Waals surface area contributed by atoms with E-state index in [4.69, 9.17) is 11.6 Å². The molecular formula is C13H8ClF2NOS. The van der Waals surface area contributed by atoms with E-state index in [1.165, 1.54) is 12.1 Å². The molecule has 0 spiro atoms. The van der Waals surface area contributed by atoms with Crippen LogP contribution in [0.5, 0.6) is 0 Å². The summed E-state index contributed by atoms with van der Waals surface area (Å²) in [5, 5.41) is 2.60.